The molecule has 5 heteroatoms. The van der Waals surface area contributed by atoms with Gasteiger partial charge in [-0.2, -0.15) is 0 Å². The van der Waals surface area contributed by atoms with Gasteiger partial charge in [0.15, 0.2) is 0 Å². The van der Waals surface area contributed by atoms with Crippen LogP contribution in [0.25, 0.3) is 11.8 Å². The molecule has 0 spiro atoms. The predicted octanol–water partition coefficient (Wildman–Crippen LogP) is 2.92. The van der Waals surface area contributed by atoms with Crippen LogP contribution in [0, 0.1) is 10.1 Å². The van der Waals surface area contributed by atoms with E-state index in [1.807, 2.05) is 6.07 Å². The van der Waals surface area contributed by atoms with Gasteiger partial charge in [0.1, 0.15) is 0 Å². The number of hydrogen-bond acceptors (Lipinski definition) is 4. The standard InChI is InChI=1S/C11H8N2O2S/c14-13(15)11(6-10-7-16-8-12-10)9-4-2-1-3-5-9/h1-8H/b11-6+. The van der Waals surface area contributed by atoms with Crippen LogP contribution in [0.3, 0.4) is 0 Å². The molecule has 80 valence electrons. The fraction of sp³-hybridized carbons (Fsp3) is 0. The number of nitro groups is 1. The molecular formula is C11H8N2O2S. The molecule has 0 saturated heterocycles. The fourth-order valence-corrected chi connectivity index (χ4v) is 1.80. The number of benzene rings is 1. The molecule has 0 aliphatic rings. The van der Waals surface area contributed by atoms with Crippen LogP contribution >= 0.6 is 11.3 Å². The normalized spacial score (nSPS) is 11.4. The second-order valence-corrected chi connectivity index (χ2v) is 3.78. The van der Waals surface area contributed by atoms with E-state index in [0.29, 0.717) is 11.3 Å². The third kappa shape index (κ3) is 2.32. The average Bonchev–Trinajstić information content (AvgIpc) is 2.79. The van der Waals surface area contributed by atoms with Gasteiger partial charge < -0.3 is 0 Å². The Morgan fingerprint density at radius 3 is 2.69 bits per heavy atom. The van der Waals surface area contributed by atoms with Gasteiger partial charge >= 0.3 is 0 Å². The van der Waals surface area contributed by atoms with Gasteiger partial charge in [0.05, 0.1) is 21.7 Å². The smallest absolute Gasteiger partial charge is 0.258 e. The second kappa shape index (κ2) is 4.67. The van der Waals surface area contributed by atoms with E-state index in [4.69, 9.17) is 0 Å². The van der Waals surface area contributed by atoms with E-state index in [1.54, 1.807) is 35.2 Å². The van der Waals surface area contributed by atoms with Crippen molar-refractivity contribution in [1.82, 2.24) is 4.98 Å². The lowest BCUT2D eigenvalue weighted by Crippen LogP contribution is -1.97. The molecule has 2 rings (SSSR count). The van der Waals surface area contributed by atoms with E-state index in [2.05, 4.69) is 4.98 Å². The van der Waals surface area contributed by atoms with Gasteiger partial charge in [-0.1, -0.05) is 18.2 Å². The Morgan fingerprint density at radius 1 is 1.38 bits per heavy atom. The molecule has 0 aliphatic carbocycles. The van der Waals surface area contributed by atoms with Crippen LogP contribution in [-0.2, 0) is 0 Å². The van der Waals surface area contributed by atoms with Gasteiger partial charge in [0.25, 0.3) is 5.70 Å². The largest absolute Gasteiger partial charge is 0.278 e. The Balaban J connectivity index is 2.43. The molecule has 0 aliphatic heterocycles. The van der Waals surface area contributed by atoms with Crippen molar-refractivity contribution in [3.05, 3.63) is 62.6 Å². The van der Waals surface area contributed by atoms with E-state index >= 15 is 0 Å². The number of nitrogens with zero attached hydrogens (tertiary/aromatic N) is 2. The van der Waals surface area contributed by atoms with E-state index in [0.717, 1.165) is 0 Å². The van der Waals surface area contributed by atoms with Crippen LogP contribution in [0.5, 0.6) is 0 Å². The number of hydrogen-bond donors (Lipinski definition) is 0. The quantitative estimate of drug-likeness (QED) is 0.604. The maximum absolute atomic E-state index is 10.9. The summed E-state index contributed by atoms with van der Waals surface area (Å²) in [6.07, 6.45) is 1.48. The molecule has 16 heavy (non-hydrogen) atoms. The minimum Gasteiger partial charge on any atom is -0.258 e. The van der Waals surface area contributed by atoms with Crippen molar-refractivity contribution < 1.29 is 4.92 Å². The Morgan fingerprint density at radius 2 is 2.12 bits per heavy atom. The summed E-state index contributed by atoms with van der Waals surface area (Å²) in [5.74, 6) is 0. The number of thiazole rings is 1. The molecule has 0 unspecified atom stereocenters. The predicted molar refractivity (Wildman–Crippen MR) is 63.4 cm³/mol. The summed E-state index contributed by atoms with van der Waals surface area (Å²) >= 11 is 1.41. The highest BCUT2D eigenvalue weighted by atomic mass is 32.1. The SMILES string of the molecule is O=[N+]([O-])/C(=C/c1cscn1)c1ccccc1. The molecule has 1 aromatic heterocycles. The van der Waals surface area contributed by atoms with E-state index in [1.165, 1.54) is 17.4 Å². The lowest BCUT2D eigenvalue weighted by molar-refractivity contribution is -0.374. The van der Waals surface area contributed by atoms with Crippen molar-refractivity contribution in [2.24, 2.45) is 0 Å². The van der Waals surface area contributed by atoms with Crippen molar-refractivity contribution in [2.45, 2.75) is 0 Å². The third-order valence-corrected chi connectivity index (χ3v) is 2.61. The second-order valence-electron chi connectivity index (χ2n) is 3.07. The Labute approximate surface area is 96.0 Å². The molecule has 0 N–H and O–H groups in total. The van der Waals surface area contributed by atoms with Crippen LogP contribution in [0.15, 0.2) is 41.2 Å². The first-order chi connectivity index (χ1) is 7.77. The van der Waals surface area contributed by atoms with Crippen molar-refractivity contribution in [3.63, 3.8) is 0 Å². The summed E-state index contributed by atoms with van der Waals surface area (Å²) in [6, 6.07) is 8.79. The monoisotopic (exact) mass is 232 g/mol. The van der Waals surface area contributed by atoms with Gasteiger partial charge in [0, 0.05) is 11.5 Å². The summed E-state index contributed by atoms with van der Waals surface area (Å²) < 4.78 is 0. The molecule has 2 aromatic rings. The zero-order chi connectivity index (χ0) is 11.4. The summed E-state index contributed by atoms with van der Waals surface area (Å²) in [7, 11) is 0. The first kappa shape index (κ1) is 10.5. The molecule has 0 amide bonds. The average molecular weight is 232 g/mol. The fourth-order valence-electron chi connectivity index (χ4n) is 1.28. The lowest BCUT2D eigenvalue weighted by Gasteiger charge is -1.97. The Kier molecular flexibility index (Phi) is 3.07. The van der Waals surface area contributed by atoms with Gasteiger partial charge in [0.2, 0.25) is 0 Å². The molecule has 0 bridgehead atoms. The zero-order valence-corrected chi connectivity index (χ0v) is 9.05. The molecule has 0 fully saturated rings. The minimum atomic E-state index is -0.394. The van der Waals surface area contributed by atoms with Crippen LogP contribution in [0.2, 0.25) is 0 Å². The van der Waals surface area contributed by atoms with Gasteiger partial charge in [-0.15, -0.1) is 11.3 Å². The Bertz CT molecular complexity index is 506. The molecule has 1 heterocycles. The molecule has 4 nitrogen and oxygen atoms in total. The summed E-state index contributed by atoms with van der Waals surface area (Å²) in [6.45, 7) is 0. The van der Waals surface area contributed by atoms with Crippen molar-refractivity contribution in [1.29, 1.82) is 0 Å². The summed E-state index contributed by atoms with van der Waals surface area (Å²) in [5.41, 5.74) is 2.90. The van der Waals surface area contributed by atoms with Crippen molar-refractivity contribution in [3.8, 4) is 0 Å². The molecular weight excluding hydrogens is 224 g/mol. The highest BCUT2D eigenvalue weighted by molar-refractivity contribution is 7.07. The first-order valence-electron chi connectivity index (χ1n) is 4.57. The molecule has 0 radical (unpaired) electrons. The number of aromatic nitrogens is 1. The maximum Gasteiger partial charge on any atom is 0.278 e. The van der Waals surface area contributed by atoms with Gasteiger partial charge in [-0.05, 0) is 12.1 Å². The molecule has 1 aromatic carbocycles. The highest BCUT2D eigenvalue weighted by Crippen LogP contribution is 2.18. The third-order valence-electron chi connectivity index (χ3n) is 2.00. The molecule has 0 saturated carbocycles. The summed E-state index contributed by atoms with van der Waals surface area (Å²) in [4.78, 5) is 14.5. The highest BCUT2D eigenvalue weighted by Gasteiger charge is 2.13. The number of rotatable bonds is 3. The van der Waals surface area contributed by atoms with E-state index in [9.17, 15) is 10.1 Å². The van der Waals surface area contributed by atoms with Gasteiger partial charge in [-0.25, -0.2) is 4.98 Å². The van der Waals surface area contributed by atoms with Crippen molar-refractivity contribution in [2.75, 3.05) is 0 Å². The van der Waals surface area contributed by atoms with Crippen LogP contribution in [0.4, 0.5) is 0 Å². The Hall–Kier alpha value is -2.01. The summed E-state index contributed by atoms with van der Waals surface area (Å²) in [5, 5.41) is 12.7. The maximum atomic E-state index is 10.9. The van der Waals surface area contributed by atoms with Crippen LogP contribution in [-0.4, -0.2) is 9.91 Å². The molecule has 0 atom stereocenters. The van der Waals surface area contributed by atoms with Crippen LogP contribution < -0.4 is 0 Å². The zero-order valence-electron chi connectivity index (χ0n) is 8.24. The topological polar surface area (TPSA) is 56.0 Å². The van der Waals surface area contributed by atoms with E-state index < -0.39 is 4.92 Å². The van der Waals surface area contributed by atoms with Crippen molar-refractivity contribution >= 4 is 23.1 Å². The lowest BCUT2D eigenvalue weighted by atomic mass is 10.1. The van der Waals surface area contributed by atoms with E-state index in [-0.39, 0.29) is 5.70 Å². The first-order valence-corrected chi connectivity index (χ1v) is 5.51. The van der Waals surface area contributed by atoms with Crippen LogP contribution in [0.1, 0.15) is 11.3 Å². The van der Waals surface area contributed by atoms with Gasteiger partial charge in [-0.3, -0.25) is 10.1 Å². The minimum absolute atomic E-state index is 0.0616.